The van der Waals surface area contributed by atoms with Gasteiger partial charge in [-0.15, -0.1) is 0 Å². The third-order valence-corrected chi connectivity index (χ3v) is 2.93. The summed E-state index contributed by atoms with van der Waals surface area (Å²) in [5.41, 5.74) is 1.65. The molecule has 0 bridgehead atoms. The fourth-order valence-electron chi connectivity index (χ4n) is 1.86. The van der Waals surface area contributed by atoms with Gasteiger partial charge in [0.15, 0.2) is 5.76 Å². The maximum Gasteiger partial charge on any atom is 0.323 e. The van der Waals surface area contributed by atoms with Gasteiger partial charge in [0, 0.05) is 5.69 Å². The third kappa shape index (κ3) is 3.06. The standard InChI is InChI=1S/C15H15NO4/c1-2-11-5-7-12(8-6-11)16(10-14(17)18)15(19)13-4-3-9-20-13/h3-9H,2,10H2,1H3,(H,17,18). The van der Waals surface area contributed by atoms with Crippen molar-refractivity contribution in [2.24, 2.45) is 0 Å². The lowest BCUT2D eigenvalue weighted by atomic mass is 10.1. The number of rotatable bonds is 5. The number of carboxylic acid groups (broad SMARTS) is 1. The number of hydrogen-bond acceptors (Lipinski definition) is 3. The molecule has 0 spiro atoms. The highest BCUT2D eigenvalue weighted by Gasteiger charge is 2.22. The van der Waals surface area contributed by atoms with E-state index in [1.54, 1.807) is 18.2 Å². The number of nitrogens with zero attached hydrogens (tertiary/aromatic N) is 1. The first-order valence-corrected chi connectivity index (χ1v) is 6.28. The van der Waals surface area contributed by atoms with Crippen LogP contribution in [0.3, 0.4) is 0 Å². The molecule has 0 atom stereocenters. The molecule has 5 heteroatoms. The van der Waals surface area contributed by atoms with Crippen molar-refractivity contribution in [1.29, 1.82) is 0 Å². The second-order valence-corrected chi connectivity index (χ2v) is 4.28. The molecule has 1 aromatic heterocycles. The molecule has 0 saturated heterocycles. The molecule has 1 N–H and O–H groups in total. The van der Waals surface area contributed by atoms with E-state index in [0.717, 1.165) is 12.0 Å². The van der Waals surface area contributed by atoms with Gasteiger partial charge in [0.1, 0.15) is 6.54 Å². The Morgan fingerprint density at radius 1 is 1.20 bits per heavy atom. The van der Waals surface area contributed by atoms with Gasteiger partial charge in [0.05, 0.1) is 6.26 Å². The Kier molecular flexibility index (Phi) is 4.20. The van der Waals surface area contributed by atoms with E-state index < -0.39 is 18.4 Å². The molecule has 0 unspecified atom stereocenters. The largest absolute Gasteiger partial charge is 0.480 e. The number of anilines is 1. The van der Waals surface area contributed by atoms with Crippen molar-refractivity contribution in [2.75, 3.05) is 11.4 Å². The lowest BCUT2D eigenvalue weighted by molar-refractivity contribution is -0.135. The molecule has 104 valence electrons. The highest BCUT2D eigenvalue weighted by atomic mass is 16.4. The van der Waals surface area contributed by atoms with Crippen LogP contribution in [0.2, 0.25) is 0 Å². The van der Waals surface area contributed by atoms with E-state index in [2.05, 4.69) is 0 Å². The third-order valence-electron chi connectivity index (χ3n) is 2.93. The summed E-state index contributed by atoms with van der Waals surface area (Å²) < 4.78 is 5.04. The lowest BCUT2D eigenvalue weighted by Gasteiger charge is -2.19. The SMILES string of the molecule is CCc1ccc(N(CC(=O)O)C(=O)c2ccco2)cc1. The van der Waals surface area contributed by atoms with E-state index >= 15 is 0 Å². The minimum absolute atomic E-state index is 0.116. The first kappa shape index (κ1) is 13.9. The zero-order valence-corrected chi connectivity index (χ0v) is 11.1. The minimum Gasteiger partial charge on any atom is -0.480 e. The molecule has 2 rings (SSSR count). The normalized spacial score (nSPS) is 10.2. The van der Waals surface area contributed by atoms with Gasteiger partial charge >= 0.3 is 5.97 Å². The summed E-state index contributed by atoms with van der Waals surface area (Å²) in [6.07, 6.45) is 2.26. The quantitative estimate of drug-likeness (QED) is 0.908. The van der Waals surface area contributed by atoms with Crippen LogP contribution in [-0.2, 0) is 11.2 Å². The molecule has 0 fully saturated rings. The van der Waals surface area contributed by atoms with Crippen LogP contribution >= 0.6 is 0 Å². The van der Waals surface area contributed by atoms with Gasteiger partial charge in [-0.3, -0.25) is 14.5 Å². The van der Waals surface area contributed by atoms with Crippen LogP contribution in [0.5, 0.6) is 0 Å². The molecule has 1 heterocycles. The van der Waals surface area contributed by atoms with Gasteiger partial charge in [0.25, 0.3) is 5.91 Å². The van der Waals surface area contributed by atoms with Crippen LogP contribution < -0.4 is 4.90 Å². The van der Waals surface area contributed by atoms with E-state index in [1.807, 2.05) is 19.1 Å². The second kappa shape index (κ2) is 6.06. The maximum absolute atomic E-state index is 12.3. The number of furan rings is 1. The van der Waals surface area contributed by atoms with Crippen LogP contribution in [0.1, 0.15) is 23.0 Å². The van der Waals surface area contributed by atoms with E-state index in [9.17, 15) is 9.59 Å². The van der Waals surface area contributed by atoms with Crippen molar-refractivity contribution in [3.8, 4) is 0 Å². The molecule has 2 aromatic rings. The van der Waals surface area contributed by atoms with Gasteiger partial charge in [-0.2, -0.15) is 0 Å². The summed E-state index contributed by atoms with van der Waals surface area (Å²) in [6, 6.07) is 10.3. The Morgan fingerprint density at radius 3 is 2.40 bits per heavy atom. The molecule has 1 amide bonds. The Morgan fingerprint density at radius 2 is 1.90 bits per heavy atom. The summed E-state index contributed by atoms with van der Waals surface area (Å²) in [4.78, 5) is 24.4. The zero-order valence-electron chi connectivity index (χ0n) is 11.1. The lowest BCUT2D eigenvalue weighted by Crippen LogP contribution is -2.35. The number of carbonyl (C=O) groups is 2. The Hall–Kier alpha value is -2.56. The average Bonchev–Trinajstić information content (AvgIpc) is 2.98. The molecule has 0 aliphatic heterocycles. The van der Waals surface area contributed by atoms with Crippen LogP contribution in [0.25, 0.3) is 0 Å². The zero-order chi connectivity index (χ0) is 14.5. The molecule has 0 aliphatic carbocycles. The molecule has 20 heavy (non-hydrogen) atoms. The highest BCUT2D eigenvalue weighted by molar-refractivity contribution is 6.06. The van der Waals surface area contributed by atoms with E-state index in [1.165, 1.54) is 17.2 Å². The van der Waals surface area contributed by atoms with E-state index in [-0.39, 0.29) is 5.76 Å². The fraction of sp³-hybridized carbons (Fsp3) is 0.200. The number of hydrogen-bond donors (Lipinski definition) is 1. The number of amides is 1. The summed E-state index contributed by atoms with van der Waals surface area (Å²) in [5, 5.41) is 8.97. The maximum atomic E-state index is 12.3. The van der Waals surface area contributed by atoms with Crippen LogP contribution in [-0.4, -0.2) is 23.5 Å². The topological polar surface area (TPSA) is 70.8 Å². The van der Waals surface area contributed by atoms with Crippen LogP contribution in [0.4, 0.5) is 5.69 Å². The van der Waals surface area contributed by atoms with E-state index in [4.69, 9.17) is 9.52 Å². The molecule has 5 nitrogen and oxygen atoms in total. The van der Waals surface area contributed by atoms with Gasteiger partial charge in [-0.05, 0) is 36.2 Å². The van der Waals surface area contributed by atoms with Crippen molar-refractivity contribution >= 4 is 17.6 Å². The summed E-state index contributed by atoms with van der Waals surface area (Å²) in [7, 11) is 0. The first-order valence-electron chi connectivity index (χ1n) is 6.28. The van der Waals surface area contributed by atoms with Gasteiger partial charge < -0.3 is 9.52 Å². The monoisotopic (exact) mass is 273 g/mol. The summed E-state index contributed by atoms with van der Waals surface area (Å²) in [5.74, 6) is -1.43. The Balaban J connectivity index is 2.31. The number of carbonyl (C=O) groups excluding carboxylic acids is 1. The Labute approximate surface area is 116 Å². The summed E-state index contributed by atoms with van der Waals surface area (Å²) >= 11 is 0. The Bertz CT molecular complexity index is 587. The van der Waals surface area contributed by atoms with Crippen molar-refractivity contribution < 1.29 is 19.1 Å². The summed E-state index contributed by atoms with van der Waals surface area (Å²) in [6.45, 7) is 1.61. The number of carboxylic acids is 1. The number of aliphatic carboxylic acids is 1. The van der Waals surface area contributed by atoms with E-state index in [0.29, 0.717) is 5.69 Å². The molecule has 0 saturated carbocycles. The van der Waals surface area contributed by atoms with Gasteiger partial charge in [0.2, 0.25) is 0 Å². The van der Waals surface area contributed by atoms with Crippen LogP contribution in [0, 0.1) is 0 Å². The second-order valence-electron chi connectivity index (χ2n) is 4.28. The van der Waals surface area contributed by atoms with Crippen molar-refractivity contribution in [2.45, 2.75) is 13.3 Å². The predicted molar refractivity (Wildman–Crippen MR) is 73.8 cm³/mol. The fourth-order valence-corrected chi connectivity index (χ4v) is 1.86. The smallest absolute Gasteiger partial charge is 0.323 e. The number of benzene rings is 1. The van der Waals surface area contributed by atoms with Gasteiger partial charge in [-0.25, -0.2) is 0 Å². The van der Waals surface area contributed by atoms with Gasteiger partial charge in [-0.1, -0.05) is 19.1 Å². The molecular weight excluding hydrogens is 258 g/mol. The van der Waals surface area contributed by atoms with Crippen molar-refractivity contribution in [3.05, 3.63) is 54.0 Å². The van der Waals surface area contributed by atoms with Crippen molar-refractivity contribution in [1.82, 2.24) is 0 Å². The molecule has 0 aliphatic rings. The predicted octanol–water partition coefficient (Wildman–Crippen LogP) is 2.57. The highest BCUT2D eigenvalue weighted by Crippen LogP contribution is 2.18. The van der Waals surface area contributed by atoms with Crippen LogP contribution in [0.15, 0.2) is 47.1 Å². The molecule has 1 aromatic carbocycles. The molecular formula is C15H15NO4. The number of aryl methyl sites for hydroxylation is 1. The van der Waals surface area contributed by atoms with Crippen molar-refractivity contribution in [3.63, 3.8) is 0 Å². The first-order chi connectivity index (χ1) is 9.61. The minimum atomic E-state index is -1.08. The average molecular weight is 273 g/mol. The molecule has 0 radical (unpaired) electrons.